The van der Waals surface area contributed by atoms with E-state index in [1.807, 2.05) is 31.2 Å². The van der Waals surface area contributed by atoms with Crippen LogP contribution in [0.15, 0.2) is 46.9 Å². The number of anilines is 1. The third kappa shape index (κ3) is 8.45. The van der Waals surface area contributed by atoms with Crippen molar-refractivity contribution in [1.82, 2.24) is 10.2 Å². The van der Waals surface area contributed by atoms with Crippen LogP contribution in [0.2, 0.25) is 5.02 Å². The summed E-state index contributed by atoms with van der Waals surface area (Å²) in [4.78, 5) is 28.1. The fourth-order valence-electron chi connectivity index (χ4n) is 4.59. The molecule has 0 unspecified atom stereocenters. The molecule has 0 aromatic heterocycles. The van der Waals surface area contributed by atoms with E-state index in [1.54, 1.807) is 30.0 Å². The summed E-state index contributed by atoms with van der Waals surface area (Å²) in [7, 11) is -3.59. The van der Waals surface area contributed by atoms with Gasteiger partial charge in [0.1, 0.15) is 6.04 Å². The molecule has 1 atom stereocenters. The topological polar surface area (TPSA) is 86.8 Å². The Morgan fingerprint density at radius 2 is 1.78 bits per heavy atom. The monoisotopic (exact) mass is 611 g/mol. The minimum atomic E-state index is -3.59. The molecule has 3 rings (SSSR count). The van der Waals surface area contributed by atoms with Crippen LogP contribution in [0.5, 0.6) is 0 Å². The van der Waals surface area contributed by atoms with Crippen molar-refractivity contribution in [3.8, 4) is 0 Å². The average Bonchev–Trinajstić information content (AvgIpc) is 3.35. The Bertz CT molecular complexity index is 1200. The van der Waals surface area contributed by atoms with Gasteiger partial charge in [0.25, 0.3) is 0 Å². The molecule has 10 heteroatoms. The number of nitrogens with zero attached hydrogens (tertiary/aromatic N) is 2. The molecule has 1 N–H and O–H groups in total. The highest BCUT2D eigenvalue weighted by Gasteiger charge is 2.29. The molecule has 1 aliphatic carbocycles. The van der Waals surface area contributed by atoms with Gasteiger partial charge in [0.2, 0.25) is 21.8 Å². The molecule has 0 aliphatic heterocycles. The normalized spacial score (nSPS) is 14.8. The van der Waals surface area contributed by atoms with Crippen LogP contribution in [-0.4, -0.2) is 50.0 Å². The summed E-state index contributed by atoms with van der Waals surface area (Å²) >= 11 is 9.55. The Balaban J connectivity index is 1.73. The smallest absolute Gasteiger partial charge is 0.242 e. The number of benzene rings is 2. The largest absolute Gasteiger partial charge is 0.352 e. The minimum Gasteiger partial charge on any atom is -0.352 e. The van der Waals surface area contributed by atoms with Crippen LogP contribution >= 0.6 is 27.5 Å². The lowest BCUT2D eigenvalue weighted by molar-refractivity contribution is -0.141. The molecule has 2 aromatic carbocycles. The van der Waals surface area contributed by atoms with Crippen molar-refractivity contribution >= 4 is 55.1 Å². The maximum Gasteiger partial charge on any atom is 0.242 e. The molecule has 0 heterocycles. The first kappa shape index (κ1) is 29.5. The summed E-state index contributed by atoms with van der Waals surface area (Å²) < 4.78 is 27.4. The van der Waals surface area contributed by atoms with Gasteiger partial charge in [0.05, 0.1) is 11.9 Å². The Morgan fingerprint density at radius 1 is 1.14 bits per heavy atom. The lowest BCUT2D eigenvalue weighted by Crippen LogP contribution is -2.49. The van der Waals surface area contributed by atoms with E-state index < -0.39 is 16.1 Å². The Kier molecular flexibility index (Phi) is 10.4. The number of sulfonamides is 1. The number of carbonyl (C=O) groups is 2. The van der Waals surface area contributed by atoms with Crippen LogP contribution < -0.4 is 9.62 Å². The van der Waals surface area contributed by atoms with Crippen molar-refractivity contribution < 1.29 is 18.0 Å². The van der Waals surface area contributed by atoms with E-state index in [-0.39, 0.29) is 37.4 Å². The molecule has 0 radical (unpaired) electrons. The second-order valence-corrected chi connectivity index (χ2v) is 12.9. The molecule has 0 spiro atoms. The predicted molar refractivity (Wildman–Crippen MR) is 152 cm³/mol. The average molecular weight is 613 g/mol. The zero-order valence-corrected chi connectivity index (χ0v) is 24.7. The van der Waals surface area contributed by atoms with Crippen LogP contribution in [-0.2, 0) is 26.2 Å². The first-order chi connectivity index (χ1) is 17.5. The maximum atomic E-state index is 13.4. The Morgan fingerprint density at radius 3 is 2.41 bits per heavy atom. The van der Waals surface area contributed by atoms with Crippen LogP contribution in [0.25, 0.3) is 0 Å². The molecular formula is C27H35BrClN3O4S. The van der Waals surface area contributed by atoms with E-state index in [4.69, 9.17) is 11.6 Å². The Hall–Kier alpha value is -2.10. The number of aryl methyl sites for hydroxylation is 1. The molecular weight excluding hydrogens is 578 g/mol. The first-order valence-corrected chi connectivity index (χ1v) is 15.6. The molecule has 2 amide bonds. The molecule has 0 saturated heterocycles. The molecule has 0 bridgehead atoms. The standard InChI is InChI=1S/C27H35BrClN3O4S/c1-19-10-15-23(29)17-25(19)32(37(3,35)36)16-6-9-26(33)31(18-21-11-13-22(28)14-12-21)20(2)27(34)30-24-7-4-5-8-24/h10-15,17,20,24H,4-9,16,18H2,1-3H3,(H,30,34)/t20-/m1/s1. The first-order valence-electron chi connectivity index (χ1n) is 12.5. The zero-order valence-electron chi connectivity index (χ0n) is 21.5. The molecule has 7 nitrogen and oxygen atoms in total. The number of nitrogens with one attached hydrogen (secondary N) is 1. The summed E-state index contributed by atoms with van der Waals surface area (Å²) in [6.45, 7) is 3.98. The SMILES string of the molecule is Cc1ccc(Cl)cc1N(CCCC(=O)N(Cc1ccc(Br)cc1)[C@H](C)C(=O)NC1CCCC1)S(C)(=O)=O. The zero-order chi connectivity index (χ0) is 27.2. The minimum absolute atomic E-state index is 0.100. The van der Waals surface area contributed by atoms with Crippen molar-refractivity contribution in [3.05, 3.63) is 63.1 Å². The maximum absolute atomic E-state index is 13.4. The van der Waals surface area contributed by atoms with E-state index in [9.17, 15) is 18.0 Å². The molecule has 202 valence electrons. The summed E-state index contributed by atoms with van der Waals surface area (Å²) in [5.74, 6) is -0.363. The molecule has 1 aliphatic rings. The van der Waals surface area contributed by atoms with Crippen LogP contribution in [0.4, 0.5) is 5.69 Å². The van der Waals surface area contributed by atoms with E-state index >= 15 is 0 Å². The van der Waals surface area contributed by atoms with Gasteiger partial charge in [-0.3, -0.25) is 13.9 Å². The van der Waals surface area contributed by atoms with Gasteiger partial charge in [0.15, 0.2) is 0 Å². The van der Waals surface area contributed by atoms with Gasteiger partial charge in [-0.1, -0.05) is 58.6 Å². The van der Waals surface area contributed by atoms with Crippen molar-refractivity contribution in [2.75, 3.05) is 17.1 Å². The van der Waals surface area contributed by atoms with Crippen molar-refractivity contribution in [3.63, 3.8) is 0 Å². The molecule has 37 heavy (non-hydrogen) atoms. The van der Waals surface area contributed by atoms with Crippen LogP contribution in [0.1, 0.15) is 56.6 Å². The van der Waals surface area contributed by atoms with Crippen molar-refractivity contribution in [2.24, 2.45) is 0 Å². The van der Waals surface area contributed by atoms with Gasteiger partial charge in [-0.15, -0.1) is 0 Å². The predicted octanol–water partition coefficient (Wildman–Crippen LogP) is 5.43. The van der Waals surface area contributed by atoms with E-state index in [2.05, 4.69) is 21.2 Å². The number of amides is 2. The van der Waals surface area contributed by atoms with E-state index in [1.165, 1.54) is 4.31 Å². The second-order valence-electron chi connectivity index (χ2n) is 9.68. The summed E-state index contributed by atoms with van der Waals surface area (Å²) in [5, 5.41) is 3.53. The van der Waals surface area contributed by atoms with Gasteiger partial charge >= 0.3 is 0 Å². The fourth-order valence-corrected chi connectivity index (χ4v) is 6.04. The second kappa shape index (κ2) is 13.1. The lowest BCUT2D eigenvalue weighted by atomic mass is 10.1. The van der Waals surface area contributed by atoms with Gasteiger partial charge in [-0.2, -0.15) is 0 Å². The van der Waals surface area contributed by atoms with Crippen LogP contribution in [0, 0.1) is 6.92 Å². The number of hydrogen-bond donors (Lipinski definition) is 1. The Labute approximate surface area is 233 Å². The molecule has 1 fully saturated rings. The van der Waals surface area contributed by atoms with E-state index in [0.717, 1.165) is 47.5 Å². The van der Waals surface area contributed by atoms with Gasteiger partial charge in [0, 0.05) is 35.0 Å². The highest BCUT2D eigenvalue weighted by molar-refractivity contribution is 9.10. The fraction of sp³-hybridized carbons (Fsp3) is 0.481. The summed E-state index contributed by atoms with van der Waals surface area (Å²) in [5.41, 5.74) is 2.18. The molecule has 2 aromatic rings. The lowest BCUT2D eigenvalue weighted by Gasteiger charge is -2.30. The highest BCUT2D eigenvalue weighted by Crippen LogP contribution is 2.27. The third-order valence-corrected chi connectivity index (χ3v) is 8.67. The summed E-state index contributed by atoms with van der Waals surface area (Å²) in [6, 6.07) is 12.2. The van der Waals surface area contributed by atoms with Crippen molar-refractivity contribution in [2.45, 2.75) is 71.0 Å². The summed E-state index contributed by atoms with van der Waals surface area (Å²) in [6.07, 6.45) is 5.67. The number of rotatable bonds is 11. The van der Waals surface area contributed by atoms with E-state index in [0.29, 0.717) is 17.1 Å². The highest BCUT2D eigenvalue weighted by atomic mass is 79.9. The molecule has 1 saturated carbocycles. The third-order valence-electron chi connectivity index (χ3n) is 6.73. The quantitative estimate of drug-likeness (QED) is 0.367. The number of hydrogen-bond acceptors (Lipinski definition) is 4. The van der Waals surface area contributed by atoms with Gasteiger partial charge in [-0.25, -0.2) is 8.42 Å². The van der Waals surface area contributed by atoms with Crippen LogP contribution in [0.3, 0.4) is 0 Å². The van der Waals surface area contributed by atoms with Gasteiger partial charge in [-0.05, 0) is 68.5 Å². The van der Waals surface area contributed by atoms with Crippen molar-refractivity contribution in [1.29, 1.82) is 0 Å². The van der Waals surface area contributed by atoms with Gasteiger partial charge < -0.3 is 10.2 Å². The number of carbonyl (C=O) groups excluding carboxylic acids is 2. The number of halogens is 2.